The van der Waals surface area contributed by atoms with Crippen LogP contribution in [0.4, 0.5) is 8.78 Å². The van der Waals surface area contributed by atoms with Gasteiger partial charge >= 0.3 is 5.97 Å². The number of hydrogen-bond acceptors (Lipinski definition) is 4. The number of sulfonamides is 1. The van der Waals surface area contributed by atoms with Crippen LogP contribution in [-0.2, 0) is 14.8 Å². The maximum Gasteiger partial charge on any atom is 0.341 e. The van der Waals surface area contributed by atoms with E-state index >= 15 is 0 Å². The largest absolute Gasteiger partial charge is 0.462 e. The maximum absolute atomic E-state index is 13.7. The second kappa shape index (κ2) is 5.40. The molecule has 8 heteroatoms. The highest BCUT2D eigenvalue weighted by Gasteiger charge is 2.24. The minimum atomic E-state index is -4.46. The minimum absolute atomic E-state index is 0.0134. The molecule has 0 aliphatic rings. The summed E-state index contributed by atoms with van der Waals surface area (Å²) in [6.07, 6.45) is 0.491. The van der Waals surface area contributed by atoms with Gasteiger partial charge in [0.2, 0.25) is 10.0 Å². The summed E-state index contributed by atoms with van der Waals surface area (Å²) in [5.41, 5.74) is -0.799. The first-order valence-corrected chi connectivity index (χ1v) is 6.51. The lowest BCUT2D eigenvalue weighted by Crippen LogP contribution is -2.18. The van der Waals surface area contributed by atoms with Crippen molar-refractivity contribution in [3.63, 3.8) is 0 Å². The van der Waals surface area contributed by atoms with E-state index in [1.54, 1.807) is 6.92 Å². The number of nitrogens with two attached hydrogens (primary N) is 1. The summed E-state index contributed by atoms with van der Waals surface area (Å²) < 4.78 is 53.5. The summed E-state index contributed by atoms with van der Waals surface area (Å²) in [6.45, 7) is 1.73. The quantitative estimate of drug-likeness (QED) is 0.838. The normalized spacial score (nSPS) is 11.3. The standard InChI is InChI=1S/C10H11F2NO4S/c1-2-3-17-10(14)7-4-6(11)5-8(9(7)12)18(13,15)16/h4-5H,2-3H2,1H3,(H2,13,15,16). The third-order valence-corrected chi connectivity index (χ3v) is 2.88. The number of rotatable bonds is 4. The van der Waals surface area contributed by atoms with E-state index in [1.165, 1.54) is 0 Å². The van der Waals surface area contributed by atoms with E-state index in [0.29, 0.717) is 18.6 Å². The summed E-state index contributed by atoms with van der Waals surface area (Å²) in [7, 11) is -4.46. The topological polar surface area (TPSA) is 86.5 Å². The first kappa shape index (κ1) is 14.5. The molecular formula is C10H11F2NO4S. The van der Waals surface area contributed by atoms with Crippen molar-refractivity contribution < 1.29 is 26.7 Å². The van der Waals surface area contributed by atoms with Crippen molar-refractivity contribution in [2.45, 2.75) is 18.2 Å². The second-order valence-corrected chi connectivity index (χ2v) is 4.98. The van der Waals surface area contributed by atoms with Gasteiger partial charge in [0.25, 0.3) is 0 Å². The van der Waals surface area contributed by atoms with Gasteiger partial charge in [-0.15, -0.1) is 0 Å². The second-order valence-electron chi connectivity index (χ2n) is 3.45. The Morgan fingerprint density at radius 1 is 1.39 bits per heavy atom. The zero-order valence-corrected chi connectivity index (χ0v) is 10.3. The Bertz CT molecular complexity index is 571. The summed E-state index contributed by atoms with van der Waals surface area (Å²) >= 11 is 0. The lowest BCUT2D eigenvalue weighted by atomic mass is 10.2. The summed E-state index contributed by atoms with van der Waals surface area (Å²) in [5.74, 6) is -3.65. The zero-order chi connectivity index (χ0) is 13.9. The molecule has 0 unspecified atom stereocenters. The van der Waals surface area contributed by atoms with Crippen LogP contribution in [-0.4, -0.2) is 21.0 Å². The fourth-order valence-electron chi connectivity index (χ4n) is 1.19. The first-order chi connectivity index (χ1) is 8.27. The number of benzene rings is 1. The Labute approximate surface area is 103 Å². The Kier molecular flexibility index (Phi) is 4.36. The van der Waals surface area contributed by atoms with E-state index in [0.717, 1.165) is 0 Å². The summed E-state index contributed by atoms with van der Waals surface area (Å²) in [5, 5.41) is 4.71. The van der Waals surface area contributed by atoms with Crippen LogP contribution >= 0.6 is 0 Å². The number of esters is 1. The molecule has 0 saturated carbocycles. The average Bonchev–Trinajstić information content (AvgIpc) is 2.27. The van der Waals surface area contributed by atoms with Gasteiger partial charge in [-0.3, -0.25) is 0 Å². The van der Waals surface area contributed by atoms with Crippen LogP contribution in [0, 0.1) is 11.6 Å². The lowest BCUT2D eigenvalue weighted by Gasteiger charge is -2.07. The molecule has 18 heavy (non-hydrogen) atoms. The van der Waals surface area contributed by atoms with Crippen LogP contribution in [0.3, 0.4) is 0 Å². The Balaban J connectivity index is 3.30. The molecule has 100 valence electrons. The van der Waals surface area contributed by atoms with Crippen molar-refractivity contribution >= 4 is 16.0 Å². The van der Waals surface area contributed by atoms with Gasteiger partial charge in [0.1, 0.15) is 10.7 Å². The molecule has 0 aliphatic heterocycles. The van der Waals surface area contributed by atoms with Crippen molar-refractivity contribution in [2.75, 3.05) is 6.61 Å². The molecule has 0 fully saturated rings. The van der Waals surface area contributed by atoms with Gasteiger partial charge in [0, 0.05) is 0 Å². The molecule has 1 aromatic carbocycles. The molecule has 0 amide bonds. The van der Waals surface area contributed by atoms with Crippen LogP contribution < -0.4 is 5.14 Å². The number of hydrogen-bond donors (Lipinski definition) is 1. The molecule has 2 N–H and O–H groups in total. The first-order valence-electron chi connectivity index (χ1n) is 4.96. The van der Waals surface area contributed by atoms with Gasteiger partial charge in [-0.2, -0.15) is 0 Å². The van der Waals surface area contributed by atoms with Crippen molar-refractivity contribution in [2.24, 2.45) is 5.14 Å². The van der Waals surface area contributed by atoms with E-state index in [-0.39, 0.29) is 6.61 Å². The monoisotopic (exact) mass is 279 g/mol. The van der Waals surface area contributed by atoms with E-state index in [9.17, 15) is 22.0 Å². The van der Waals surface area contributed by atoms with Gasteiger partial charge < -0.3 is 4.74 Å². The minimum Gasteiger partial charge on any atom is -0.462 e. The molecule has 5 nitrogen and oxygen atoms in total. The van der Waals surface area contributed by atoms with Crippen molar-refractivity contribution in [1.29, 1.82) is 0 Å². The highest BCUT2D eigenvalue weighted by atomic mass is 32.2. The van der Waals surface area contributed by atoms with E-state index < -0.39 is 38.1 Å². The number of halogens is 2. The average molecular weight is 279 g/mol. The highest BCUT2D eigenvalue weighted by Crippen LogP contribution is 2.20. The molecule has 0 heterocycles. The fraction of sp³-hybridized carbons (Fsp3) is 0.300. The van der Waals surface area contributed by atoms with Crippen LogP contribution in [0.25, 0.3) is 0 Å². The summed E-state index contributed by atoms with van der Waals surface area (Å²) in [4.78, 5) is 10.3. The van der Waals surface area contributed by atoms with Gasteiger partial charge in [0.05, 0.1) is 12.2 Å². The smallest absolute Gasteiger partial charge is 0.341 e. The van der Waals surface area contributed by atoms with Crippen LogP contribution in [0.15, 0.2) is 17.0 Å². The molecule has 0 saturated heterocycles. The van der Waals surface area contributed by atoms with Crippen LogP contribution in [0.1, 0.15) is 23.7 Å². The molecule has 0 aromatic heterocycles. The van der Waals surface area contributed by atoms with Gasteiger partial charge in [0.15, 0.2) is 5.82 Å². The molecule has 0 bridgehead atoms. The zero-order valence-electron chi connectivity index (χ0n) is 9.44. The van der Waals surface area contributed by atoms with Crippen molar-refractivity contribution in [3.8, 4) is 0 Å². The number of carbonyl (C=O) groups is 1. The van der Waals surface area contributed by atoms with E-state index in [4.69, 9.17) is 5.14 Å². The van der Waals surface area contributed by atoms with E-state index in [1.807, 2.05) is 0 Å². The van der Waals surface area contributed by atoms with Crippen molar-refractivity contribution in [1.82, 2.24) is 0 Å². The number of carbonyl (C=O) groups excluding carboxylic acids is 1. The predicted molar refractivity (Wildman–Crippen MR) is 58.3 cm³/mol. The SMILES string of the molecule is CCCOC(=O)c1cc(F)cc(S(N)(=O)=O)c1F. The van der Waals surface area contributed by atoms with Gasteiger partial charge in [-0.25, -0.2) is 27.1 Å². The number of ether oxygens (including phenoxy) is 1. The third kappa shape index (κ3) is 3.23. The van der Waals surface area contributed by atoms with Crippen LogP contribution in [0.5, 0.6) is 0 Å². The molecular weight excluding hydrogens is 268 g/mol. The molecule has 1 aromatic rings. The molecule has 1 rings (SSSR count). The van der Waals surface area contributed by atoms with Gasteiger partial charge in [-0.05, 0) is 18.6 Å². The maximum atomic E-state index is 13.7. The van der Waals surface area contributed by atoms with E-state index in [2.05, 4.69) is 4.74 Å². The highest BCUT2D eigenvalue weighted by molar-refractivity contribution is 7.89. The molecule has 0 radical (unpaired) electrons. The lowest BCUT2D eigenvalue weighted by molar-refractivity contribution is 0.0498. The van der Waals surface area contributed by atoms with Crippen molar-refractivity contribution in [3.05, 3.63) is 29.3 Å². The fourth-order valence-corrected chi connectivity index (χ4v) is 1.83. The molecule has 0 spiro atoms. The Hall–Kier alpha value is -1.54. The third-order valence-electron chi connectivity index (χ3n) is 1.97. The molecule has 0 atom stereocenters. The Morgan fingerprint density at radius 2 is 2.00 bits per heavy atom. The summed E-state index contributed by atoms with van der Waals surface area (Å²) in [6, 6.07) is 0.962. The molecule has 0 aliphatic carbocycles. The van der Waals surface area contributed by atoms with Gasteiger partial charge in [-0.1, -0.05) is 6.92 Å². The number of primary sulfonamides is 1. The Morgan fingerprint density at radius 3 is 2.50 bits per heavy atom. The van der Waals surface area contributed by atoms with Crippen LogP contribution in [0.2, 0.25) is 0 Å². The predicted octanol–water partition coefficient (Wildman–Crippen LogP) is 1.18.